The number of carbonyl (C=O) groups is 1. The summed E-state index contributed by atoms with van der Waals surface area (Å²) in [5, 5.41) is 12.0. The number of anilines is 1. The van der Waals surface area contributed by atoms with Crippen molar-refractivity contribution in [2.45, 2.75) is 0 Å². The van der Waals surface area contributed by atoms with Gasteiger partial charge in [0.1, 0.15) is 4.34 Å². The third-order valence-electron chi connectivity index (χ3n) is 4.19. The number of aromatic nitrogens is 4. The molecule has 0 N–H and O–H groups in total. The second kappa shape index (κ2) is 7.22. The minimum atomic E-state index is -0.0968. The summed E-state index contributed by atoms with van der Waals surface area (Å²) in [6, 6.07) is 11.3. The maximum Gasteiger partial charge on any atom is 0.256 e. The van der Waals surface area contributed by atoms with Crippen LogP contribution in [-0.4, -0.2) is 57.2 Å². The fourth-order valence-corrected chi connectivity index (χ4v) is 4.33. The first-order valence-corrected chi connectivity index (χ1v) is 9.53. The number of para-hydroxylation sites is 1. The van der Waals surface area contributed by atoms with Crippen LogP contribution in [0.3, 0.4) is 0 Å². The molecule has 0 radical (unpaired) electrons. The Labute approximate surface area is 163 Å². The largest absolute Gasteiger partial charge is 0.336 e. The van der Waals surface area contributed by atoms with Crippen molar-refractivity contribution >= 4 is 46.4 Å². The highest BCUT2D eigenvalue weighted by Gasteiger charge is 2.27. The minimum absolute atomic E-state index is 0.0968. The van der Waals surface area contributed by atoms with Crippen molar-refractivity contribution in [3.05, 3.63) is 50.6 Å². The van der Waals surface area contributed by atoms with Crippen molar-refractivity contribution < 1.29 is 4.79 Å². The fraction of sp³-hybridized carbons (Fsp3) is 0.250. The molecule has 0 spiro atoms. The van der Waals surface area contributed by atoms with Crippen molar-refractivity contribution in [2.24, 2.45) is 0 Å². The third-order valence-corrected chi connectivity index (χ3v) is 5.68. The first-order valence-electron chi connectivity index (χ1n) is 7.96. The lowest BCUT2D eigenvalue weighted by Gasteiger charge is -2.34. The lowest BCUT2D eigenvalue weighted by molar-refractivity contribution is 0.0747. The minimum Gasteiger partial charge on any atom is -0.336 e. The molecule has 0 unspecified atom stereocenters. The van der Waals surface area contributed by atoms with E-state index >= 15 is 0 Å². The fourth-order valence-electron chi connectivity index (χ4n) is 2.88. The van der Waals surface area contributed by atoms with E-state index < -0.39 is 0 Å². The highest BCUT2D eigenvalue weighted by molar-refractivity contribution is 7.20. The van der Waals surface area contributed by atoms with Crippen LogP contribution >= 0.6 is 34.5 Å². The highest BCUT2D eigenvalue weighted by atomic mass is 35.5. The second-order valence-corrected chi connectivity index (χ2v) is 8.03. The van der Waals surface area contributed by atoms with Gasteiger partial charge in [-0.25, -0.2) is 0 Å². The van der Waals surface area contributed by atoms with Gasteiger partial charge in [-0.05, 0) is 28.6 Å². The van der Waals surface area contributed by atoms with Crippen molar-refractivity contribution in [1.29, 1.82) is 0 Å². The molecule has 26 heavy (non-hydrogen) atoms. The molecule has 0 aliphatic carbocycles. The van der Waals surface area contributed by atoms with Gasteiger partial charge >= 0.3 is 0 Å². The molecule has 3 aromatic rings. The number of piperazine rings is 1. The number of benzene rings is 1. The van der Waals surface area contributed by atoms with Crippen molar-refractivity contribution in [2.75, 3.05) is 31.1 Å². The molecule has 1 saturated heterocycles. The first kappa shape index (κ1) is 17.3. The monoisotopic (exact) mass is 408 g/mol. The summed E-state index contributed by atoms with van der Waals surface area (Å²) in [5.74, 6) is 0.570. The van der Waals surface area contributed by atoms with Crippen LogP contribution in [0.2, 0.25) is 8.67 Å². The molecule has 1 aliphatic rings. The Morgan fingerprint density at radius 3 is 2.46 bits per heavy atom. The van der Waals surface area contributed by atoms with Crippen LogP contribution in [0, 0.1) is 0 Å². The van der Waals surface area contributed by atoms with E-state index in [4.69, 9.17) is 23.2 Å². The second-order valence-electron chi connectivity index (χ2n) is 5.74. The summed E-state index contributed by atoms with van der Waals surface area (Å²) in [7, 11) is 0. The molecule has 1 fully saturated rings. The molecule has 1 aromatic carbocycles. The van der Waals surface area contributed by atoms with Gasteiger partial charge in [0.15, 0.2) is 0 Å². The van der Waals surface area contributed by atoms with Crippen LogP contribution in [0.25, 0.3) is 5.69 Å². The normalized spacial score (nSPS) is 14.7. The van der Waals surface area contributed by atoms with E-state index in [1.807, 2.05) is 30.3 Å². The van der Waals surface area contributed by atoms with Crippen LogP contribution < -0.4 is 4.90 Å². The van der Waals surface area contributed by atoms with Gasteiger partial charge in [0.25, 0.3) is 5.91 Å². The Bertz CT molecular complexity index is 920. The predicted molar refractivity (Wildman–Crippen MR) is 102 cm³/mol. The quantitative estimate of drug-likeness (QED) is 0.666. The number of thiophene rings is 1. The van der Waals surface area contributed by atoms with Crippen molar-refractivity contribution in [1.82, 2.24) is 25.1 Å². The molecule has 4 rings (SSSR count). The number of tetrazole rings is 1. The Morgan fingerprint density at radius 1 is 1.08 bits per heavy atom. The molecule has 10 heteroatoms. The van der Waals surface area contributed by atoms with Gasteiger partial charge in [-0.1, -0.05) is 46.5 Å². The first-order chi connectivity index (χ1) is 12.6. The number of halogens is 2. The highest BCUT2D eigenvalue weighted by Crippen LogP contribution is 2.32. The predicted octanol–water partition coefficient (Wildman–Crippen LogP) is 2.99. The molecular weight excluding hydrogens is 395 g/mol. The maximum atomic E-state index is 12.6. The smallest absolute Gasteiger partial charge is 0.256 e. The summed E-state index contributed by atoms with van der Waals surface area (Å²) in [5.41, 5.74) is 1.36. The zero-order valence-electron chi connectivity index (χ0n) is 13.5. The van der Waals surface area contributed by atoms with E-state index in [2.05, 4.69) is 20.4 Å². The average molecular weight is 409 g/mol. The summed E-state index contributed by atoms with van der Waals surface area (Å²) < 4.78 is 2.64. The summed E-state index contributed by atoms with van der Waals surface area (Å²) in [6.45, 7) is 2.39. The van der Waals surface area contributed by atoms with Gasteiger partial charge in [0.05, 0.1) is 15.6 Å². The van der Waals surface area contributed by atoms with Gasteiger partial charge in [-0.2, -0.15) is 4.68 Å². The van der Waals surface area contributed by atoms with Crippen LogP contribution in [0.5, 0.6) is 0 Å². The molecule has 0 saturated carbocycles. The van der Waals surface area contributed by atoms with Crippen LogP contribution in [-0.2, 0) is 0 Å². The number of hydrogen-bond acceptors (Lipinski definition) is 6. The molecule has 0 atom stereocenters. The molecule has 1 aliphatic heterocycles. The molecule has 134 valence electrons. The topological polar surface area (TPSA) is 67.2 Å². The lowest BCUT2D eigenvalue weighted by Crippen LogP contribution is -2.49. The number of nitrogens with zero attached hydrogens (tertiary/aromatic N) is 6. The van der Waals surface area contributed by atoms with Crippen molar-refractivity contribution in [3.63, 3.8) is 0 Å². The van der Waals surface area contributed by atoms with Crippen LogP contribution in [0.4, 0.5) is 5.95 Å². The molecule has 3 heterocycles. The van der Waals surface area contributed by atoms with Gasteiger partial charge in [0, 0.05) is 26.2 Å². The van der Waals surface area contributed by atoms with E-state index in [-0.39, 0.29) is 5.91 Å². The van der Waals surface area contributed by atoms with E-state index in [0.29, 0.717) is 46.4 Å². The van der Waals surface area contributed by atoms with E-state index in [0.717, 1.165) is 5.69 Å². The summed E-state index contributed by atoms with van der Waals surface area (Å²) in [6.07, 6.45) is 0. The SMILES string of the molecule is O=C(c1cc(Cl)sc1Cl)N1CCN(c2nnnn2-c2ccccc2)CC1. The maximum absolute atomic E-state index is 12.6. The number of carbonyl (C=O) groups excluding carboxylic acids is 1. The standard InChI is InChI=1S/C16H14Cl2N6OS/c17-13-10-12(14(18)26-13)15(25)22-6-8-23(9-7-22)16-19-20-21-24(16)11-4-2-1-3-5-11/h1-5,10H,6-9H2. The molecular formula is C16H14Cl2N6OS. The van der Waals surface area contributed by atoms with Crippen LogP contribution in [0.15, 0.2) is 36.4 Å². The lowest BCUT2D eigenvalue weighted by atomic mass is 10.2. The Morgan fingerprint density at radius 2 is 1.81 bits per heavy atom. The summed E-state index contributed by atoms with van der Waals surface area (Å²) >= 11 is 13.3. The number of hydrogen-bond donors (Lipinski definition) is 0. The van der Waals surface area contributed by atoms with E-state index in [1.165, 1.54) is 11.3 Å². The van der Waals surface area contributed by atoms with E-state index in [1.54, 1.807) is 15.6 Å². The molecule has 7 nitrogen and oxygen atoms in total. The van der Waals surface area contributed by atoms with E-state index in [9.17, 15) is 4.79 Å². The Hall–Kier alpha value is -2.16. The molecule has 1 amide bonds. The molecule has 0 bridgehead atoms. The Kier molecular flexibility index (Phi) is 4.80. The zero-order chi connectivity index (χ0) is 18.1. The number of rotatable bonds is 3. The van der Waals surface area contributed by atoms with Gasteiger partial charge in [-0.3, -0.25) is 4.79 Å². The zero-order valence-corrected chi connectivity index (χ0v) is 15.9. The van der Waals surface area contributed by atoms with Crippen LogP contribution in [0.1, 0.15) is 10.4 Å². The van der Waals surface area contributed by atoms with Crippen molar-refractivity contribution in [3.8, 4) is 5.69 Å². The average Bonchev–Trinajstić information content (AvgIpc) is 3.28. The van der Waals surface area contributed by atoms with Gasteiger partial charge in [0.2, 0.25) is 5.95 Å². The van der Waals surface area contributed by atoms with Gasteiger partial charge < -0.3 is 9.80 Å². The molecule has 2 aromatic heterocycles. The third kappa shape index (κ3) is 3.27. The Balaban J connectivity index is 1.47. The number of amides is 1. The summed E-state index contributed by atoms with van der Waals surface area (Å²) in [4.78, 5) is 16.5. The van der Waals surface area contributed by atoms with Gasteiger partial charge in [-0.15, -0.1) is 11.3 Å².